The second-order valence-electron chi connectivity index (χ2n) is 14.7. The van der Waals surface area contributed by atoms with Crippen LogP contribution >= 0.6 is 16.3 Å². The molecule has 1 fully saturated rings. The molecule has 2 N–H and O–H groups in total. The molecule has 0 bridgehead atoms. The monoisotopic (exact) mass is 776 g/mol. The van der Waals surface area contributed by atoms with E-state index < -0.39 is 16.3 Å². The second-order valence-corrected chi connectivity index (χ2v) is 17.7. The zero-order chi connectivity index (χ0) is 38.4. The fourth-order valence-electron chi connectivity index (χ4n) is 7.68. The molecule has 6 aromatic carbocycles. The highest BCUT2D eigenvalue weighted by atomic mass is 31.2. The van der Waals surface area contributed by atoms with E-state index in [9.17, 15) is 9.79 Å². The third-order valence-electron chi connectivity index (χ3n) is 9.49. The van der Waals surface area contributed by atoms with E-state index in [0.29, 0.717) is 40.4 Å². The van der Waals surface area contributed by atoms with Gasteiger partial charge in [0.2, 0.25) is 0 Å². The maximum Gasteiger partial charge on any atom is 0.714 e. The van der Waals surface area contributed by atoms with E-state index in [1.165, 1.54) is 0 Å². The molecule has 1 unspecified atom stereocenters. The second kappa shape index (κ2) is 16.3. The van der Waals surface area contributed by atoms with Gasteiger partial charge in [0.25, 0.3) is 0 Å². The Hall–Kier alpha value is -5.10. The van der Waals surface area contributed by atoms with Gasteiger partial charge in [-0.05, 0) is 115 Å². The van der Waals surface area contributed by atoms with E-state index in [0.717, 1.165) is 30.4 Å². The lowest BCUT2D eigenvalue weighted by Crippen LogP contribution is -2.41. The van der Waals surface area contributed by atoms with Crippen molar-refractivity contribution < 1.29 is 36.9 Å². The zero-order valence-corrected chi connectivity index (χ0v) is 32.9. The van der Waals surface area contributed by atoms with Gasteiger partial charge in [-0.25, -0.2) is 27.1 Å². The SMILES string of the molecule is CC1CC(C)(C)CC(c2ccc(O[P+](O)(Oc3ccccc3)Oc3ccccc3)cc2)(c2ccc(O[P+](O)(Oc3ccccc3)Oc3ccccc3)cc2)C1. The first kappa shape index (κ1) is 38.2. The third-order valence-corrected chi connectivity index (χ3v) is 12.1. The molecule has 6 aromatic rings. The third kappa shape index (κ3) is 9.77. The van der Waals surface area contributed by atoms with Crippen LogP contribution < -0.4 is 27.1 Å². The van der Waals surface area contributed by atoms with Crippen LogP contribution in [0.1, 0.15) is 51.2 Å². The Kier molecular flexibility index (Phi) is 11.3. The van der Waals surface area contributed by atoms with Crippen LogP contribution in [-0.2, 0) is 5.41 Å². The molecule has 0 amide bonds. The van der Waals surface area contributed by atoms with Crippen LogP contribution in [0.3, 0.4) is 0 Å². The molecule has 7 rings (SSSR count). The van der Waals surface area contributed by atoms with Crippen LogP contribution in [0.15, 0.2) is 170 Å². The van der Waals surface area contributed by atoms with Crippen molar-refractivity contribution in [2.45, 2.75) is 45.4 Å². The van der Waals surface area contributed by atoms with Gasteiger partial charge >= 0.3 is 16.3 Å². The topological polar surface area (TPSA) is 95.8 Å². The van der Waals surface area contributed by atoms with Gasteiger partial charge in [0, 0.05) is 5.41 Å². The smallest absolute Gasteiger partial charge is 0.248 e. The van der Waals surface area contributed by atoms with Crippen LogP contribution in [0.25, 0.3) is 0 Å². The highest BCUT2D eigenvalue weighted by Crippen LogP contribution is 2.59. The summed E-state index contributed by atoms with van der Waals surface area (Å²) in [5.41, 5.74) is 1.94. The van der Waals surface area contributed by atoms with Crippen molar-refractivity contribution in [2.75, 3.05) is 0 Å². The molecule has 0 saturated heterocycles. The van der Waals surface area contributed by atoms with Gasteiger partial charge in [-0.15, -0.1) is 9.79 Å². The molecule has 8 nitrogen and oxygen atoms in total. The van der Waals surface area contributed by atoms with Gasteiger partial charge in [-0.2, -0.15) is 0 Å². The van der Waals surface area contributed by atoms with Gasteiger partial charge < -0.3 is 0 Å². The Morgan fingerprint density at radius 2 is 0.691 bits per heavy atom. The minimum absolute atomic E-state index is 0.0552. The summed E-state index contributed by atoms with van der Waals surface area (Å²) in [5, 5.41) is 0. The first-order valence-corrected chi connectivity index (χ1v) is 21.3. The van der Waals surface area contributed by atoms with Gasteiger partial charge in [-0.3, -0.25) is 0 Å². The van der Waals surface area contributed by atoms with E-state index in [2.05, 4.69) is 45.0 Å². The van der Waals surface area contributed by atoms with Gasteiger partial charge in [0.05, 0.1) is 0 Å². The molecule has 0 heterocycles. The quantitative estimate of drug-likeness (QED) is 0.106. The van der Waals surface area contributed by atoms with Crippen molar-refractivity contribution in [3.63, 3.8) is 0 Å². The standard InChI is InChI=1S/C45H46O8P2/c1-35-32-44(2,3)34-45(33-35,36-24-28-42(29-25-36)52-54(46,48-38-16-8-4-9-17-38)49-39-18-10-5-11-19-39)37-26-30-43(31-27-37)53-55(47,50-40-20-12-6-13-21-40)51-41-22-14-7-15-23-41/h4-31,35,46-47H,32-34H2,1-3H3/q+2. The lowest BCUT2D eigenvalue weighted by atomic mass is 9.55. The van der Waals surface area contributed by atoms with E-state index >= 15 is 0 Å². The normalized spacial score (nSPS) is 16.3. The van der Waals surface area contributed by atoms with Crippen molar-refractivity contribution in [3.05, 3.63) is 181 Å². The Labute approximate surface area is 324 Å². The Bertz CT molecular complexity index is 1880. The fourth-order valence-corrected chi connectivity index (χ4v) is 10.2. The molecular weight excluding hydrogens is 730 g/mol. The molecular formula is C45H46O8P2+2. The van der Waals surface area contributed by atoms with Crippen molar-refractivity contribution in [2.24, 2.45) is 11.3 Å². The van der Waals surface area contributed by atoms with Crippen molar-refractivity contribution in [1.29, 1.82) is 0 Å². The highest BCUT2D eigenvalue weighted by molar-refractivity contribution is 7.57. The summed E-state index contributed by atoms with van der Waals surface area (Å²) >= 11 is 0. The largest absolute Gasteiger partial charge is 0.714 e. The van der Waals surface area contributed by atoms with Crippen LogP contribution in [0.2, 0.25) is 0 Å². The minimum Gasteiger partial charge on any atom is -0.248 e. The van der Waals surface area contributed by atoms with Crippen molar-refractivity contribution in [1.82, 2.24) is 0 Å². The summed E-state index contributed by atoms with van der Waals surface area (Å²) in [7, 11) is -7.82. The maximum absolute atomic E-state index is 11.7. The van der Waals surface area contributed by atoms with E-state index in [1.807, 2.05) is 97.1 Å². The number of para-hydroxylation sites is 4. The summed E-state index contributed by atoms with van der Waals surface area (Å²) in [6.07, 6.45) is 2.93. The van der Waals surface area contributed by atoms with Crippen molar-refractivity contribution in [3.8, 4) is 34.5 Å². The Balaban J connectivity index is 1.17. The van der Waals surface area contributed by atoms with Crippen molar-refractivity contribution >= 4 is 16.3 Å². The maximum atomic E-state index is 11.7. The van der Waals surface area contributed by atoms with Gasteiger partial charge in [0.15, 0.2) is 34.5 Å². The van der Waals surface area contributed by atoms with Crippen LogP contribution in [-0.4, -0.2) is 9.79 Å². The summed E-state index contributed by atoms with van der Waals surface area (Å²) in [5.74, 6) is 2.97. The lowest BCUT2D eigenvalue weighted by molar-refractivity contribution is 0.127. The predicted molar refractivity (Wildman–Crippen MR) is 218 cm³/mol. The first-order chi connectivity index (χ1) is 26.5. The molecule has 0 radical (unpaired) electrons. The van der Waals surface area contributed by atoms with Crippen LogP contribution in [0.5, 0.6) is 34.5 Å². The van der Waals surface area contributed by atoms with Crippen LogP contribution in [0.4, 0.5) is 0 Å². The van der Waals surface area contributed by atoms with E-state index in [4.69, 9.17) is 27.1 Å². The lowest BCUT2D eigenvalue weighted by Gasteiger charge is -2.48. The zero-order valence-electron chi connectivity index (χ0n) is 31.1. The average Bonchev–Trinajstić information content (AvgIpc) is 3.16. The number of benzene rings is 6. The summed E-state index contributed by atoms with van der Waals surface area (Å²) in [4.78, 5) is 23.4. The van der Waals surface area contributed by atoms with E-state index in [1.54, 1.807) is 48.5 Å². The molecule has 55 heavy (non-hydrogen) atoms. The van der Waals surface area contributed by atoms with E-state index in [-0.39, 0.29) is 10.8 Å². The summed E-state index contributed by atoms with van der Waals surface area (Å²) in [6, 6.07) is 51.7. The number of hydrogen-bond acceptors (Lipinski definition) is 8. The number of rotatable bonds is 14. The number of hydrogen-bond donors (Lipinski definition) is 2. The molecule has 0 spiro atoms. The summed E-state index contributed by atoms with van der Waals surface area (Å²) in [6.45, 7) is 6.96. The molecule has 1 atom stereocenters. The molecule has 10 heteroatoms. The molecule has 0 aliphatic heterocycles. The Morgan fingerprint density at radius 1 is 0.418 bits per heavy atom. The minimum atomic E-state index is -3.91. The van der Waals surface area contributed by atoms with Gasteiger partial charge in [0.1, 0.15) is 0 Å². The van der Waals surface area contributed by atoms with Crippen LogP contribution in [0, 0.1) is 11.3 Å². The highest BCUT2D eigenvalue weighted by Gasteiger charge is 2.52. The fraction of sp³-hybridized carbons (Fsp3) is 0.200. The molecule has 282 valence electrons. The van der Waals surface area contributed by atoms with Gasteiger partial charge in [-0.1, -0.05) is 118 Å². The first-order valence-electron chi connectivity index (χ1n) is 18.3. The summed E-state index contributed by atoms with van der Waals surface area (Å²) < 4.78 is 36.2. The predicted octanol–water partition coefficient (Wildman–Crippen LogP) is 12.2. The molecule has 1 aliphatic rings. The average molecular weight is 777 g/mol. The Morgan fingerprint density at radius 3 is 0.964 bits per heavy atom. The molecule has 1 aliphatic carbocycles. The molecule has 1 saturated carbocycles. The molecule has 0 aromatic heterocycles.